The maximum atomic E-state index is 12.0. The van der Waals surface area contributed by atoms with Crippen LogP contribution in [0.3, 0.4) is 0 Å². The van der Waals surface area contributed by atoms with Gasteiger partial charge in [0.25, 0.3) is 0 Å². The molecule has 0 spiro atoms. The fraction of sp³-hybridized carbons (Fsp3) is 0.417. The average Bonchev–Trinajstić information content (AvgIpc) is 2.32. The Morgan fingerprint density at radius 3 is 2.63 bits per heavy atom. The van der Waals surface area contributed by atoms with Crippen molar-refractivity contribution >= 4 is 11.7 Å². The number of carbonyl (C=O) groups is 1. The predicted octanol–water partition coefficient (Wildman–Crippen LogP) is 2.36. The number of rotatable bonds is 4. The fourth-order valence-corrected chi connectivity index (χ4v) is 1.53. The molecule has 1 aromatic carbocycles. The lowest BCUT2D eigenvalue weighted by molar-refractivity contribution is -0.123. The molecule has 0 heterocycles. The van der Waals surface area contributed by atoms with Gasteiger partial charge in [-0.3, -0.25) is 0 Å². The van der Waals surface area contributed by atoms with Crippen molar-refractivity contribution in [2.24, 2.45) is 0 Å². The number of nitrogens with zero attached hydrogens (tertiary/aromatic N) is 1. The van der Waals surface area contributed by atoms with Crippen LogP contribution >= 0.6 is 0 Å². The van der Waals surface area contributed by atoms with E-state index in [1.54, 1.807) is 31.2 Å². The van der Waals surface area contributed by atoms with E-state index in [-0.39, 0.29) is 6.54 Å². The van der Waals surface area contributed by atoms with Crippen molar-refractivity contribution < 1.29 is 18.0 Å². The van der Waals surface area contributed by atoms with E-state index in [9.17, 15) is 18.0 Å². The molecule has 0 radical (unpaired) electrons. The predicted molar refractivity (Wildman–Crippen MR) is 66.4 cm³/mol. The number of hydrogen-bond donors (Lipinski definition) is 2. The van der Waals surface area contributed by atoms with Gasteiger partial charge in [0, 0.05) is 18.8 Å². The zero-order valence-electron chi connectivity index (χ0n) is 10.5. The highest BCUT2D eigenvalue weighted by Crippen LogP contribution is 2.13. The fourth-order valence-electron chi connectivity index (χ4n) is 1.53. The highest BCUT2D eigenvalue weighted by molar-refractivity contribution is 5.74. The minimum atomic E-state index is -4.41. The maximum Gasteiger partial charge on any atom is 0.405 e. The molecule has 4 nitrogen and oxygen atoms in total. The van der Waals surface area contributed by atoms with Crippen LogP contribution in [-0.2, 0) is 6.54 Å². The van der Waals surface area contributed by atoms with E-state index in [2.05, 4.69) is 0 Å². The molecular formula is C12H16F3N3O. The number of urea groups is 1. The van der Waals surface area contributed by atoms with Crippen molar-refractivity contribution in [1.29, 1.82) is 0 Å². The Bertz CT molecular complexity index is 434. The summed E-state index contributed by atoms with van der Waals surface area (Å²) >= 11 is 0. The van der Waals surface area contributed by atoms with Crippen LogP contribution in [0, 0.1) is 0 Å². The Labute approximate surface area is 109 Å². The van der Waals surface area contributed by atoms with Gasteiger partial charge in [-0.1, -0.05) is 12.1 Å². The van der Waals surface area contributed by atoms with Crippen molar-refractivity contribution in [2.75, 3.05) is 18.8 Å². The van der Waals surface area contributed by atoms with Crippen molar-refractivity contribution in [1.82, 2.24) is 10.2 Å². The SMILES string of the molecule is CCN(Cc1cccc(N)c1)C(=O)NCC(F)(F)F. The van der Waals surface area contributed by atoms with Crippen LogP contribution < -0.4 is 11.1 Å². The highest BCUT2D eigenvalue weighted by atomic mass is 19.4. The van der Waals surface area contributed by atoms with Gasteiger partial charge in [-0.05, 0) is 24.6 Å². The van der Waals surface area contributed by atoms with E-state index in [1.807, 2.05) is 5.32 Å². The van der Waals surface area contributed by atoms with E-state index in [0.717, 1.165) is 5.56 Å². The van der Waals surface area contributed by atoms with Crippen LogP contribution in [0.15, 0.2) is 24.3 Å². The third kappa shape index (κ3) is 5.50. The number of amides is 2. The van der Waals surface area contributed by atoms with Gasteiger partial charge < -0.3 is 16.0 Å². The number of alkyl halides is 3. The minimum absolute atomic E-state index is 0.214. The summed E-state index contributed by atoms with van der Waals surface area (Å²) < 4.78 is 36.0. The second-order valence-corrected chi connectivity index (χ2v) is 4.03. The molecule has 1 aromatic rings. The lowest BCUT2D eigenvalue weighted by Gasteiger charge is -2.22. The summed E-state index contributed by atoms with van der Waals surface area (Å²) in [4.78, 5) is 12.9. The molecular weight excluding hydrogens is 259 g/mol. The maximum absolute atomic E-state index is 12.0. The number of carbonyl (C=O) groups excluding carboxylic acids is 1. The summed E-state index contributed by atoms with van der Waals surface area (Å²) in [5.74, 6) is 0. The lowest BCUT2D eigenvalue weighted by atomic mass is 10.2. The second kappa shape index (κ2) is 6.31. The first-order chi connectivity index (χ1) is 8.81. The summed E-state index contributed by atoms with van der Waals surface area (Å²) in [7, 11) is 0. The van der Waals surface area contributed by atoms with E-state index in [4.69, 9.17) is 5.73 Å². The molecule has 7 heteroatoms. The van der Waals surface area contributed by atoms with E-state index in [1.165, 1.54) is 4.90 Å². The lowest BCUT2D eigenvalue weighted by Crippen LogP contribution is -2.43. The van der Waals surface area contributed by atoms with Gasteiger partial charge in [0.05, 0.1) is 0 Å². The number of nitrogens with one attached hydrogen (secondary N) is 1. The molecule has 106 valence electrons. The molecule has 0 saturated heterocycles. The number of nitrogen functional groups attached to an aromatic ring is 1. The van der Waals surface area contributed by atoms with Crippen LogP contribution in [0.5, 0.6) is 0 Å². The summed E-state index contributed by atoms with van der Waals surface area (Å²) in [5.41, 5.74) is 6.91. The molecule has 0 saturated carbocycles. The van der Waals surface area contributed by atoms with Crippen molar-refractivity contribution in [3.05, 3.63) is 29.8 Å². The summed E-state index contributed by atoms with van der Waals surface area (Å²) in [6.07, 6.45) is -4.41. The molecule has 0 aliphatic heterocycles. The largest absolute Gasteiger partial charge is 0.405 e. The molecule has 0 bridgehead atoms. The number of halogens is 3. The van der Waals surface area contributed by atoms with Gasteiger partial charge in [-0.2, -0.15) is 13.2 Å². The van der Waals surface area contributed by atoms with E-state index >= 15 is 0 Å². The number of anilines is 1. The first kappa shape index (κ1) is 15.1. The zero-order valence-corrected chi connectivity index (χ0v) is 10.5. The molecule has 3 N–H and O–H groups in total. The quantitative estimate of drug-likeness (QED) is 0.829. The summed E-state index contributed by atoms with van der Waals surface area (Å²) in [6, 6.07) is 6.12. The average molecular weight is 275 g/mol. The van der Waals surface area contributed by atoms with Gasteiger partial charge in [0.1, 0.15) is 6.54 Å². The monoisotopic (exact) mass is 275 g/mol. The first-order valence-corrected chi connectivity index (χ1v) is 5.75. The molecule has 2 amide bonds. The molecule has 1 rings (SSSR count). The topological polar surface area (TPSA) is 58.4 Å². The third-order valence-electron chi connectivity index (χ3n) is 2.43. The van der Waals surface area contributed by atoms with Crippen LogP contribution in [0.2, 0.25) is 0 Å². The highest BCUT2D eigenvalue weighted by Gasteiger charge is 2.28. The summed E-state index contributed by atoms with van der Waals surface area (Å²) in [6.45, 7) is 0.877. The van der Waals surface area contributed by atoms with Crippen molar-refractivity contribution in [3.8, 4) is 0 Å². The Morgan fingerprint density at radius 2 is 2.11 bits per heavy atom. The Morgan fingerprint density at radius 1 is 1.42 bits per heavy atom. The normalized spacial score (nSPS) is 11.2. The Hall–Kier alpha value is -1.92. The number of hydrogen-bond acceptors (Lipinski definition) is 2. The first-order valence-electron chi connectivity index (χ1n) is 5.75. The molecule has 0 fully saturated rings. The van der Waals surface area contributed by atoms with Gasteiger partial charge in [0.15, 0.2) is 0 Å². The minimum Gasteiger partial charge on any atom is -0.399 e. The van der Waals surface area contributed by atoms with Gasteiger partial charge in [0.2, 0.25) is 0 Å². The zero-order chi connectivity index (χ0) is 14.5. The Balaban J connectivity index is 2.60. The van der Waals surface area contributed by atoms with Crippen LogP contribution in [0.1, 0.15) is 12.5 Å². The van der Waals surface area contributed by atoms with Crippen LogP contribution in [0.25, 0.3) is 0 Å². The van der Waals surface area contributed by atoms with Crippen molar-refractivity contribution in [2.45, 2.75) is 19.6 Å². The molecule has 19 heavy (non-hydrogen) atoms. The van der Waals surface area contributed by atoms with Gasteiger partial charge in [-0.15, -0.1) is 0 Å². The molecule has 0 unspecified atom stereocenters. The third-order valence-corrected chi connectivity index (χ3v) is 2.43. The van der Waals surface area contributed by atoms with E-state index in [0.29, 0.717) is 12.2 Å². The van der Waals surface area contributed by atoms with Crippen molar-refractivity contribution in [3.63, 3.8) is 0 Å². The van der Waals surface area contributed by atoms with E-state index < -0.39 is 18.8 Å². The standard InChI is InChI=1S/C12H16F3N3O/c1-2-18(11(19)17-8-12(13,14)15)7-9-4-3-5-10(16)6-9/h3-6H,2,7-8,16H2,1H3,(H,17,19). The Kier molecular flexibility index (Phi) is 5.02. The molecule has 0 aromatic heterocycles. The van der Waals surface area contributed by atoms with Gasteiger partial charge in [-0.25, -0.2) is 4.79 Å². The molecule has 0 aliphatic rings. The number of nitrogens with two attached hydrogens (primary N) is 1. The van der Waals surface area contributed by atoms with Gasteiger partial charge >= 0.3 is 12.2 Å². The smallest absolute Gasteiger partial charge is 0.399 e. The molecule has 0 atom stereocenters. The number of benzene rings is 1. The molecule has 0 aliphatic carbocycles. The summed E-state index contributed by atoms with van der Waals surface area (Å²) in [5, 5.41) is 1.84. The van der Waals surface area contributed by atoms with Crippen LogP contribution in [-0.4, -0.2) is 30.2 Å². The second-order valence-electron chi connectivity index (χ2n) is 4.03. The van der Waals surface area contributed by atoms with Crippen LogP contribution in [0.4, 0.5) is 23.7 Å².